The first kappa shape index (κ1) is 16.6. The zero-order chi connectivity index (χ0) is 15.6. The molecular weight excluding hydrogens is 373 g/mol. The highest BCUT2D eigenvalue weighted by atomic mass is 79.9. The molecule has 2 nitrogen and oxygen atoms in total. The van der Waals surface area contributed by atoms with Crippen molar-refractivity contribution in [3.8, 4) is 5.75 Å². The van der Waals surface area contributed by atoms with Crippen LogP contribution in [0.2, 0.25) is 10.0 Å². The lowest BCUT2D eigenvalue weighted by Crippen LogP contribution is -2.13. The third kappa shape index (κ3) is 3.72. The average molecular weight is 389 g/mol. The molecule has 2 N–H and O–H groups in total. The van der Waals surface area contributed by atoms with Crippen LogP contribution in [0.15, 0.2) is 34.8 Å². The van der Waals surface area contributed by atoms with E-state index in [0.717, 1.165) is 21.2 Å². The standard InChI is InChI=1S/C16H16BrCl2NO/c1-3-21-15-8-13(18)11(7-14(15)19)16(20)10-6-9(2)4-5-12(10)17/h4-8,16H,3,20H2,1-2H3. The summed E-state index contributed by atoms with van der Waals surface area (Å²) >= 11 is 16.1. The van der Waals surface area contributed by atoms with E-state index in [2.05, 4.69) is 15.9 Å². The summed E-state index contributed by atoms with van der Waals surface area (Å²) in [6, 6.07) is 9.16. The Morgan fingerprint density at radius 2 is 1.86 bits per heavy atom. The summed E-state index contributed by atoms with van der Waals surface area (Å²) in [5, 5.41) is 1.05. The van der Waals surface area contributed by atoms with Crippen LogP contribution in [0.5, 0.6) is 5.75 Å². The Hall–Kier alpha value is -0.740. The highest BCUT2D eigenvalue weighted by Gasteiger charge is 2.18. The van der Waals surface area contributed by atoms with Crippen molar-refractivity contribution in [3.63, 3.8) is 0 Å². The minimum atomic E-state index is -0.361. The summed E-state index contributed by atoms with van der Waals surface area (Å²) in [5.41, 5.74) is 9.25. The van der Waals surface area contributed by atoms with Crippen LogP contribution in [-0.2, 0) is 0 Å². The second-order valence-electron chi connectivity index (χ2n) is 4.74. The van der Waals surface area contributed by atoms with Crippen LogP contribution >= 0.6 is 39.1 Å². The highest BCUT2D eigenvalue weighted by molar-refractivity contribution is 9.10. The van der Waals surface area contributed by atoms with Crippen molar-refractivity contribution in [1.82, 2.24) is 0 Å². The molecule has 5 heteroatoms. The lowest BCUT2D eigenvalue weighted by Gasteiger charge is -2.18. The van der Waals surface area contributed by atoms with Crippen LogP contribution < -0.4 is 10.5 Å². The molecule has 0 bridgehead atoms. The molecule has 2 rings (SSSR count). The van der Waals surface area contributed by atoms with Crippen LogP contribution in [0.4, 0.5) is 0 Å². The summed E-state index contributed by atoms with van der Waals surface area (Å²) in [7, 11) is 0. The Morgan fingerprint density at radius 3 is 2.52 bits per heavy atom. The maximum absolute atomic E-state index is 6.37. The molecule has 0 spiro atoms. The predicted molar refractivity (Wildman–Crippen MR) is 92.5 cm³/mol. The average Bonchev–Trinajstić information content (AvgIpc) is 2.44. The molecule has 1 atom stereocenters. The molecule has 1 unspecified atom stereocenters. The quantitative estimate of drug-likeness (QED) is 0.749. The van der Waals surface area contributed by atoms with E-state index in [4.69, 9.17) is 33.7 Å². The van der Waals surface area contributed by atoms with Gasteiger partial charge in [-0.15, -0.1) is 0 Å². The molecule has 0 fully saturated rings. The van der Waals surface area contributed by atoms with Gasteiger partial charge < -0.3 is 10.5 Å². The van der Waals surface area contributed by atoms with Crippen molar-refractivity contribution in [2.45, 2.75) is 19.9 Å². The fourth-order valence-electron chi connectivity index (χ4n) is 2.12. The number of hydrogen-bond donors (Lipinski definition) is 1. The lowest BCUT2D eigenvalue weighted by molar-refractivity contribution is 0.340. The van der Waals surface area contributed by atoms with Crippen molar-refractivity contribution in [2.24, 2.45) is 5.73 Å². The summed E-state index contributed by atoms with van der Waals surface area (Å²) in [6.07, 6.45) is 0. The Balaban J connectivity index is 2.46. The lowest BCUT2D eigenvalue weighted by atomic mass is 9.98. The van der Waals surface area contributed by atoms with E-state index in [0.29, 0.717) is 22.4 Å². The minimum Gasteiger partial charge on any atom is -0.492 e. The van der Waals surface area contributed by atoms with Crippen LogP contribution in [0.25, 0.3) is 0 Å². The Bertz CT molecular complexity index is 661. The van der Waals surface area contributed by atoms with E-state index < -0.39 is 0 Å². The van der Waals surface area contributed by atoms with E-state index in [-0.39, 0.29) is 6.04 Å². The fourth-order valence-corrected chi connectivity index (χ4v) is 3.11. The third-order valence-corrected chi connectivity index (χ3v) is 4.52. The first-order chi connectivity index (χ1) is 9.93. The summed E-state index contributed by atoms with van der Waals surface area (Å²) in [6.45, 7) is 4.45. The number of halogens is 3. The van der Waals surface area contributed by atoms with Gasteiger partial charge in [-0.25, -0.2) is 0 Å². The molecule has 0 saturated heterocycles. The van der Waals surface area contributed by atoms with Gasteiger partial charge in [-0.2, -0.15) is 0 Å². The zero-order valence-corrected chi connectivity index (χ0v) is 14.9. The molecule has 0 aliphatic heterocycles. The van der Waals surface area contributed by atoms with Crippen molar-refractivity contribution in [1.29, 1.82) is 0 Å². The van der Waals surface area contributed by atoms with E-state index >= 15 is 0 Å². The Kier molecular flexibility index (Phi) is 5.55. The first-order valence-corrected chi connectivity index (χ1v) is 8.12. The van der Waals surface area contributed by atoms with Gasteiger partial charge in [-0.1, -0.05) is 56.8 Å². The maximum Gasteiger partial charge on any atom is 0.139 e. The van der Waals surface area contributed by atoms with E-state index in [1.165, 1.54) is 0 Å². The largest absolute Gasteiger partial charge is 0.492 e. The van der Waals surface area contributed by atoms with Crippen LogP contribution in [0.1, 0.15) is 29.7 Å². The Morgan fingerprint density at radius 1 is 1.14 bits per heavy atom. The SMILES string of the molecule is CCOc1cc(Cl)c(C(N)c2cc(C)ccc2Br)cc1Cl. The second-order valence-corrected chi connectivity index (χ2v) is 6.41. The topological polar surface area (TPSA) is 35.2 Å². The van der Waals surface area contributed by atoms with Gasteiger partial charge in [0.15, 0.2) is 0 Å². The van der Waals surface area contributed by atoms with Gasteiger partial charge in [-0.05, 0) is 37.1 Å². The van der Waals surface area contributed by atoms with Crippen molar-refractivity contribution < 1.29 is 4.74 Å². The van der Waals surface area contributed by atoms with Crippen LogP contribution in [0, 0.1) is 6.92 Å². The Labute approximate surface area is 143 Å². The fraction of sp³-hybridized carbons (Fsp3) is 0.250. The second kappa shape index (κ2) is 7.01. The molecule has 0 aliphatic rings. The van der Waals surface area contributed by atoms with Gasteiger partial charge in [0.2, 0.25) is 0 Å². The van der Waals surface area contributed by atoms with E-state index in [1.54, 1.807) is 12.1 Å². The minimum absolute atomic E-state index is 0.361. The third-order valence-electron chi connectivity index (χ3n) is 3.17. The van der Waals surface area contributed by atoms with Gasteiger partial charge in [0, 0.05) is 15.6 Å². The monoisotopic (exact) mass is 387 g/mol. The first-order valence-electron chi connectivity index (χ1n) is 6.57. The molecule has 2 aromatic carbocycles. The number of nitrogens with two attached hydrogens (primary N) is 1. The molecule has 2 aromatic rings. The zero-order valence-electron chi connectivity index (χ0n) is 11.8. The van der Waals surface area contributed by atoms with Gasteiger partial charge in [0.05, 0.1) is 17.7 Å². The van der Waals surface area contributed by atoms with Crippen molar-refractivity contribution in [2.75, 3.05) is 6.61 Å². The maximum atomic E-state index is 6.37. The molecule has 0 aliphatic carbocycles. The van der Waals surface area contributed by atoms with E-state index in [1.807, 2.05) is 32.0 Å². The smallest absolute Gasteiger partial charge is 0.139 e. The molecule has 0 heterocycles. The van der Waals surface area contributed by atoms with E-state index in [9.17, 15) is 0 Å². The molecular formula is C16H16BrCl2NO. The summed E-state index contributed by atoms with van der Waals surface area (Å²) in [5.74, 6) is 0.573. The summed E-state index contributed by atoms with van der Waals surface area (Å²) in [4.78, 5) is 0. The van der Waals surface area contributed by atoms with Crippen molar-refractivity contribution >= 4 is 39.1 Å². The molecule has 0 saturated carbocycles. The number of aryl methyl sites for hydroxylation is 1. The highest BCUT2D eigenvalue weighted by Crippen LogP contribution is 2.37. The normalized spacial score (nSPS) is 12.3. The van der Waals surface area contributed by atoms with Gasteiger partial charge in [-0.3, -0.25) is 0 Å². The van der Waals surface area contributed by atoms with Crippen LogP contribution in [-0.4, -0.2) is 6.61 Å². The number of ether oxygens (including phenoxy) is 1. The number of benzene rings is 2. The van der Waals surface area contributed by atoms with Crippen molar-refractivity contribution in [3.05, 3.63) is 61.5 Å². The molecule has 112 valence electrons. The van der Waals surface area contributed by atoms with Crippen LogP contribution in [0.3, 0.4) is 0 Å². The number of rotatable bonds is 4. The molecule has 0 amide bonds. The summed E-state index contributed by atoms with van der Waals surface area (Å²) < 4.78 is 6.38. The number of hydrogen-bond acceptors (Lipinski definition) is 2. The predicted octanol–water partition coefficient (Wildman–Crippen LogP) is 5.51. The molecule has 0 aromatic heterocycles. The van der Waals surface area contributed by atoms with Gasteiger partial charge in [0.1, 0.15) is 5.75 Å². The van der Waals surface area contributed by atoms with Gasteiger partial charge in [0.25, 0.3) is 0 Å². The molecule has 21 heavy (non-hydrogen) atoms. The van der Waals surface area contributed by atoms with Gasteiger partial charge >= 0.3 is 0 Å². The molecule has 0 radical (unpaired) electrons.